The molecule has 3 rings (SSSR count). The van der Waals surface area contributed by atoms with Crippen LogP contribution in [0, 0.1) is 11.6 Å². The Morgan fingerprint density at radius 3 is 1.94 bits per heavy atom. The summed E-state index contributed by atoms with van der Waals surface area (Å²) in [7, 11) is 0. The number of hydrogen-bond acceptors (Lipinski definition) is 8. The Kier molecular flexibility index (Phi) is 8.52. The molecule has 35 heavy (non-hydrogen) atoms. The van der Waals surface area contributed by atoms with Gasteiger partial charge in [0.15, 0.2) is 12.4 Å². The molecule has 2 aromatic rings. The average molecular weight is 495 g/mol. The van der Waals surface area contributed by atoms with Crippen LogP contribution in [0.15, 0.2) is 48.5 Å². The summed E-state index contributed by atoms with van der Waals surface area (Å²) >= 11 is 0. The lowest BCUT2D eigenvalue weighted by Gasteiger charge is -2.42. The minimum Gasteiger partial charge on any atom is -0.446 e. The van der Waals surface area contributed by atoms with Gasteiger partial charge in [-0.1, -0.05) is 0 Å². The van der Waals surface area contributed by atoms with Crippen molar-refractivity contribution in [3.05, 3.63) is 60.2 Å². The second-order valence-electron chi connectivity index (χ2n) is 7.51. The second kappa shape index (κ2) is 11.6. The zero-order valence-electron chi connectivity index (χ0n) is 18.3. The fourth-order valence-electron chi connectivity index (χ4n) is 3.25. The molecule has 1 saturated heterocycles. The van der Waals surface area contributed by atoms with Crippen LogP contribution in [0.1, 0.15) is 6.92 Å². The molecule has 1 heterocycles. The van der Waals surface area contributed by atoms with Gasteiger partial charge in [-0.05, 0) is 48.5 Å². The van der Waals surface area contributed by atoms with Gasteiger partial charge in [0.25, 0.3) is 0 Å². The van der Waals surface area contributed by atoms with Gasteiger partial charge >= 0.3 is 12.2 Å². The Balaban J connectivity index is 1.64. The van der Waals surface area contributed by atoms with E-state index in [0.717, 1.165) is 31.2 Å². The molecule has 0 radical (unpaired) electrons. The molecule has 0 aromatic heterocycles. The van der Waals surface area contributed by atoms with Crippen molar-refractivity contribution in [1.82, 2.24) is 5.32 Å². The van der Waals surface area contributed by atoms with Crippen LogP contribution in [-0.4, -0.2) is 65.6 Å². The minimum absolute atomic E-state index is 0.187. The van der Waals surface area contributed by atoms with Gasteiger partial charge in [-0.15, -0.1) is 0 Å². The average Bonchev–Trinajstić information content (AvgIpc) is 2.80. The highest BCUT2D eigenvalue weighted by Crippen LogP contribution is 2.24. The molecule has 13 heteroatoms. The van der Waals surface area contributed by atoms with Crippen LogP contribution < -0.4 is 16.0 Å². The highest BCUT2D eigenvalue weighted by Gasteiger charge is 2.48. The van der Waals surface area contributed by atoms with E-state index in [4.69, 9.17) is 14.2 Å². The molecule has 0 spiro atoms. The maximum Gasteiger partial charge on any atom is 0.412 e. The summed E-state index contributed by atoms with van der Waals surface area (Å²) in [6, 6.07) is 8.25. The fourth-order valence-corrected chi connectivity index (χ4v) is 3.25. The Hall–Kier alpha value is -3.81. The maximum atomic E-state index is 13.1. The summed E-state index contributed by atoms with van der Waals surface area (Å²) < 4.78 is 41.5. The van der Waals surface area contributed by atoms with E-state index >= 15 is 0 Å². The van der Waals surface area contributed by atoms with E-state index in [1.165, 1.54) is 24.3 Å². The Bertz CT molecular complexity index is 1040. The number of amides is 3. The highest BCUT2D eigenvalue weighted by molar-refractivity contribution is 5.85. The van der Waals surface area contributed by atoms with Crippen molar-refractivity contribution in [2.45, 2.75) is 37.6 Å². The second-order valence-corrected chi connectivity index (χ2v) is 7.51. The van der Waals surface area contributed by atoms with Crippen molar-refractivity contribution in [3.63, 3.8) is 0 Å². The number of hydrogen-bond donors (Lipinski definition) is 5. The number of carbonyl (C=O) groups is 3. The summed E-state index contributed by atoms with van der Waals surface area (Å²) in [5.41, 5.74) is 0.429. The largest absolute Gasteiger partial charge is 0.446 e. The summed E-state index contributed by atoms with van der Waals surface area (Å²) in [5.74, 6) is -1.63. The number of anilines is 2. The van der Waals surface area contributed by atoms with Crippen molar-refractivity contribution in [2.75, 3.05) is 17.2 Å². The summed E-state index contributed by atoms with van der Waals surface area (Å²) in [5, 5.41) is 28.1. The molecule has 5 N–H and O–H groups in total. The molecule has 2 aromatic carbocycles. The minimum atomic E-state index is -1.74. The van der Waals surface area contributed by atoms with Crippen molar-refractivity contribution in [3.8, 4) is 0 Å². The van der Waals surface area contributed by atoms with Gasteiger partial charge in [0.05, 0.1) is 0 Å². The van der Waals surface area contributed by atoms with E-state index in [1.807, 2.05) is 0 Å². The van der Waals surface area contributed by atoms with Crippen molar-refractivity contribution in [2.24, 2.45) is 0 Å². The van der Waals surface area contributed by atoms with Gasteiger partial charge in [-0.3, -0.25) is 15.4 Å². The lowest BCUT2D eigenvalue weighted by Crippen LogP contribution is -2.65. The molecule has 5 atom stereocenters. The van der Waals surface area contributed by atoms with Gasteiger partial charge < -0.3 is 29.7 Å². The first-order chi connectivity index (χ1) is 16.6. The fraction of sp³-hybridized carbons (Fsp3) is 0.318. The van der Waals surface area contributed by atoms with E-state index in [2.05, 4.69) is 16.0 Å². The Morgan fingerprint density at radius 1 is 0.914 bits per heavy atom. The molecule has 0 bridgehead atoms. The monoisotopic (exact) mass is 495 g/mol. The smallest absolute Gasteiger partial charge is 0.412 e. The lowest BCUT2D eigenvalue weighted by atomic mass is 9.96. The molecular weight excluding hydrogens is 472 g/mol. The van der Waals surface area contributed by atoms with Gasteiger partial charge in [0, 0.05) is 18.3 Å². The number of aliphatic hydroxyl groups is 2. The van der Waals surface area contributed by atoms with Crippen molar-refractivity contribution in [1.29, 1.82) is 0 Å². The molecule has 11 nitrogen and oxygen atoms in total. The quantitative estimate of drug-likeness (QED) is 0.406. The van der Waals surface area contributed by atoms with Crippen LogP contribution in [0.5, 0.6) is 0 Å². The summed E-state index contributed by atoms with van der Waals surface area (Å²) in [6.07, 6.45) is -8.28. The molecule has 1 aliphatic heterocycles. The maximum absolute atomic E-state index is 13.1. The molecule has 0 unspecified atom stereocenters. The topological polar surface area (TPSA) is 155 Å². The first-order valence-electron chi connectivity index (χ1n) is 10.3. The number of carbonyl (C=O) groups excluding carboxylic acids is 3. The lowest BCUT2D eigenvalue weighted by molar-refractivity contribution is -0.252. The SMILES string of the molecule is CC(=O)N[C@@H]1[C@@H](OC(=O)Nc2ccc(F)cc2)[C@H](O)[C@@H](COC(=O)Nc2ccc(F)cc2)O[C@H]1O. The molecule has 1 fully saturated rings. The van der Waals surface area contributed by atoms with Crippen LogP contribution >= 0.6 is 0 Å². The molecule has 188 valence electrons. The number of benzene rings is 2. The standard InChI is InChI=1S/C22H23F2N3O8/c1-11(28)25-17-19(35-22(32)27-15-8-4-13(24)5-9-15)18(29)16(34-20(17)30)10-33-21(31)26-14-6-2-12(23)3-7-14/h2-9,16-20,29-30H,10H2,1H3,(H,25,28)(H,26,31)(H,27,32)/t16-,17-,18-,19-,20-/m1/s1. The van der Waals surface area contributed by atoms with Crippen LogP contribution in [0.25, 0.3) is 0 Å². The van der Waals surface area contributed by atoms with Crippen molar-refractivity contribution >= 4 is 29.5 Å². The van der Waals surface area contributed by atoms with Crippen LogP contribution in [0.2, 0.25) is 0 Å². The first-order valence-corrected chi connectivity index (χ1v) is 10.3. The van der Waals surface area contributed by atoms with Gasteiger partial charge in [0.2, 0.25) is 5.91 Å². The number of ether oxygens (including phenoxy) is 3. The van der Waals surface area contributed by atoms with E-state index in [-0.39, 0.29) is 11.4 Å². The third-order valence-corrected chi connectivity index (χ3v) is 4.87. The molecule has 3 amide bonds. The van der Waals surface area contributed by atoms with Gasteiger partial charge in [-0.25, -0.2) is 18.4 Å². The zero-order valence-corrected chi connectivity index (χ0v) is 18.3. The van der Waals surface area contributed by atoms with E-state index in [0.29, 0.717) is 0 Å². The zero-order chi connectivity index (χ0) is 25.5. The van der Waals surface area contributed by atoms with E-state index < -0.39 is 67.0 Å². The third kappa shape index (κ3) is 7.34. The molecular formula is C22H23F2N3O8. The first kappa shape index (κ1) is 25.8. The van der Waals surface area contributed by atoms with Gasteiger partial charge in [-0.2, -0.15) is 0 Å². The predicted molar refractivity (Wildman–Crippen MR) is 116 cm³/mol. The third-order valence-electron chi connectivity index (χ3n) is 4.87. The van der Waals surface area contributed by atoms with Crippen LogP contribution in [-0.2, 0) is 19.0 Å². The van der Waals surface area contributed by atoms with Gasteiger partial charge in [0.1, 0.15) is 36.5 Å². The molecule has 0 saturated carbocycles. The summed E-state index contributed by atoms with van der Waals surface area (Å²) in [6.45, 7) is 0.571. The number of halogens is 2. The number of nitrogens with one attached hydrogen (secondary N) is 3. The van der Waals surface area contributed by atoms with Crippen LogP contribution in [0.3, 0.4) is 0 Å². The van der Waals surface area contributed by atoms with E-state index in [1.54, 1.807) is 0 Å². The molecule has 1 aliphatic rings. The Labute approximate surface area is 198 Å². The molecule has 0 aliphatic carbocycles. The van der Waals surface area contributed by atoms with Crippen LogP contribution in [0.4, 0.5) is 29.7 Å². The highest BCUT2D eigenvalue weighted by atomic mass is 19.1. The van der Waals surface area contributed by atoms with Crippen molar-refractivity contribution < 1.29 is 47.6 Å². The summed E-state index contributed by atoms with van der Waals surface area (Å²) in [4.78, 5) is 35.9. The normalized spacial score (nSPS) is 23.6. The Morgan fingerprint density at radius 2 is 1.43 bits per heavy atom. The predicted octanol–water partition coefficient (Wildman–Crippen LogP) is 1.71. The number of rotatable bonds is 6. The number of aliphatic hydroxyl groups excluding tert-OH is 2. The van der Waals surface area contributed by atoms with E-state index in [9.17, 15) is 33.4 Å².